The zero-order chi connectivity index (χ0) is 29.0. The van der Waals surface area contributed by atoms with E-state index in [2.05, 4.69) is 51.8 Å². The number of carbonyl (C=O) groups is 3. The first-order chi connectivity index (χ1) is 18.2. The lowest BCUT2D eigenvalue weighted by atomic mass is 9.88. The van der Waals surface area contributed by atoms with Crippen molar-refractivity contribution < 1.29 is 18.8 Å². The number of carbonyl (C=O) groups excluding carboxylic acids is 3. The second-order valence-electron chi connectivity index (χ2n) is 14.1. The number of nitrogens with one attached hydrogen (secondary N) is 1. The molecule has 0 bridgehead atoms. The van der Waals surface area contributed by atoms with Crippen molar-refractivity contribution in [2.45, 2.75) is 125 Å². The molecule has 0 aromatic heterocycles. The summed E-state index contributed by atoms with van der Waals surface area (Å²) >= 11 is 0. The van der Waals surface area contributed by atoms with Crippen LogP contribution in [0, 0.1) is 23.6 Å². The highest BCUT2D eigenvalue weighted by molar-refractivity contribution is 6.05. The lowest BCUT2D eigenvalue weighted by Gasteiger charge is -2.37. The molecular formula is C32H50FN3O3. The lowest BCUT2D eigenvalue weighted by Crippen LogP contribution is -2.52. The molecule has 7 heteroatoms. The molecule has 39 heavy (non-hydrogen) atoms. The van der Waals surface area contributed by atoms with Gasteiger partial charge in [-0.15, -0.1) is 0 Å². The zero-order valence-electron chi connectivity index (χ0n) is 25.3. The number of fused-ring (bicyclic) bond motifs is 1. The zero-order valence-corrected chi connectivity index (χ0v) is 25.3. The maximum absolute atomic E-state index is 14.0. The number of imide groups is 1. The fourth-order valence-electron chi connectivity index (χ4n) is 5.60. The van der Waals surface area contributed by atoms with Crippen LogP contribution in [0.5, 0.6) is 0 Å². The summed E-state index contributed by atoms with van der Waals surface area (Å²) in [5, 5.41) is 2.21. The topological polar surface area (TPSA) is 69.7 Å². The summed E-state index contributed by atoms with van der Waals surface area (Å²) in [5.41, 5.74) is 2.04. The van der Waals surface area contributed by atoms with Gasteiger partial charge in [0.1, 0.15) is 11.9 Å². The van der Waals surface area contributed by atoms with Crippen molar-refractivity contribution in [1.29, 1.82) is 0 Å². The molecule has 1 unspecified atom stereocenters. The van der Waals surface area contributed by atoms with Crippen molar-refractivity contribution in [3.05, 3.63) is 34.6 Å². The van der Waals surface area contributed by atoms with Crippen LogP contribution in [-0.2, 0) is 16.1 Å². The van der Waals surface area contributed by atoms with Crippen LogP contribution in [0.2, 0.25) is 0 Å². The third kappa shape index (κ3) is 8.86. The fraction of sp³-hybridized carbons (Fsp3) is 0.719. The number of halogens is 1. The summed E-state index contributed by atoms with van der Waals surface area (Å²) in [6.07, 6.45) is 10.4. The molecule has 1 aromatic rings. The van der Waals surface area contributed by atoms with Gasteiger partial charge in [0.25, 0.3) is 5.91 Å². The number of amides is 3. The Balaban J connectivity index is 0.000000216. The van der Waals surface area contributed by atoms with E-state index in [1.54, 1.807) is 19.1 Å². The van der Waals surface area contributed by atoms with E-state index < -0.39 is 17.8 Å². The second-order valence-corrected chi connectivity index (χ2v) is 14.1. The van der Waals surface area contributed by atoms with Crippen molar-refractivity contribution in [2.75, 3.05) is 13.1 Å². The van der Waals surface area contributed by atoms with E-state index in [0.717, 1.165) is 6.04 Å². The highest BCUT2D eigenvalue weighted by Crippen LogP contribution is 2.31. The first kappa shape index (κ1) is 31.3. The molecular weight excluding hydrogens is 493 g/mol. The minimum absolute atomic E-state index is 0.0773. The molecule has 1 saturated heterocycles. The summed E-state index contributed by atoms with van der Waals surface area (Å²) < 4.78 is 14.0. The molecule has 1 saturated carbocycles. The smallest absolute Gasteiger partial charge is 0.255 e. The first-order valence-corrected chi connectivity index (χ1v) is 14.8. The average Bonchev–Trinajstić information content (AvgIpc) is 3.18. The minimum atomic E-state index is -0.702. The van der Waals surface area contributed by atoms with Crippen molar-refractivity contribution >= 4 is 17.7 Å². The Morgan fingerprint density at radius 3 is 2.05 bits per heavy atom. The maximum Gasteiger partial charge on any atom is 0.255 e. The van der Waals surface area contributed by atoms with E-state index in [1.165, 1.54) is 62.9 Å². The van der Waals surface area contributed by atoms with Crippen molar-refractivity contribution in [2.24, 2.45) is 10.8 Å². The normalized spacial score (nSPS) is 20.6. The Morgan fingerprint density at radius 2 is 1.51 bits per heavy atom. The van der Waals surface area contributed by atoms with Gasteiger partial charge in [0, 0.05) is 23.6 Å². The van der Waals surface area contributed by atoms with Crippen LogP contribution in [0.3, 0.4) is 0 Å². The Morgan fingerprint density at radius 1 is 0.923 bits per heavy atom. The number of benzene rings is 1. The summed E-state index contributed by atoms with van der Waals surface area (Å²) in [6.45, 7) is 18.5. The maximum atomic E-state index is 14.0. The third-order valence-electron chi connectivity index (χ3n) is 8.23. The van der Waals surface area contributed by atoms with Crippen LogP contribution in [0.15, 0.2) is 12.1 Å². The number of hydrogen-bond donors (Lipinski definition) is 1. The summed E-state index contributed by atoms with van der Waals surface area (Å²) in [7, 11) is 0. The Bertz CT molecular complexity index is 1020. The Labute approximate surface area is 235 Å². The SMILES string of the molecule is CC(C)(C)CCN(CCC(C)(C)C)C1CCCCC1.Cc1ccc2c(c1F)CN(C1CCC(=O)NC1=O)C2=O. The Hall–Kier alpha value is -2.28. The first-order valence-electron chi connectivity index (χ1n) is 14.8. The molecule has 3 amide bonds. The minimum Gasteiger partial charge on any atom is -0.322 e. The van der Waals surface area contributed by atoms with Gasteiger partial charge in [-0.05, 0) is 74.6 Å². The molecule has 2 heterocycles. The Kier molecular flexibility index (Phi) is 10.4. The molecule has 2 fully saturated rings. The number of aryl methyl sites for hydroxylation is 1. The van der Waals surface area contributed by atoms with Gasteiger partial charge in [-0.1, -0.05) is 66.9 Å². The van der Waals surface area contributed by atoms with Gasteiger partial charge in [-0.2, -0.15) is 0 Å². The van der Waals surface area contributed by atoms with Crippen LogP contribution in [0.4, 0.5) is 4.39 Å². The number of hydrogen-bond acceptors (Lipinski definition) is 4. The average molecular weight is 544 g/mol. The predicted molar refractivity (Wildman–Crippen MR) is 154 cm³/mol. The van der Waals surface area contributed by atoms with Crippen LogP contribution >= 0.6 is 0 Å². The fourth-order valence-corrected chi connectivity index (χ4v) is 5.60. The lowest BCUT2D eigenvalue weighted by molar-refractivity contribution is -0.136. The van der Waals surface area contributed by atoms with E-state index >= 15 is 0 Å². The van der Waals surface area contributed by atoms with Gasteiger partial charge >= 0.3 is 0 Å². The quantitative estimate of drug-likeness (QED) is 0.422. The molecule has 1 N–H and O–H groups in total. The van der Waals surface area contributed by atoms with Crippen LogP contribution in [0.25, 0.3) is 0 Å². The highest BCUT2D eigenvalue weighted by Gasteiger charge is 2.40. The van der Waals surface area contributed by atoms with Crippen LogP contribution in [0.1, 0.15) is 121 Å². The van der Waals surface area contributed by atoms with E-state index in [4.69, 9.17) is 0 Å². The largest absolute Gasteiger partial charge is 0.322 e. The van der Waals surface area contributed by atoms with Crippen LogP contribution < -0.4 is 5.32 Å². The van der Waals surface area contributed by atoms with E-state index in [0.29, 0.717) is 27.5 Å². The molecule has 0 spiro atoms. The summed E-state index contributed by atoms with van der Waals surface area (Å²) in [4.78, 5) is 39.4. The predicted octanol–water partition coefficient (Wildman–Crippen LogP) is 6.39. The summed E-state index contributed by atoms with van der Waals surface area (Å²) in [6, 6.07) is 3.31. The number of nitrogens with zero attached hydrogens (tertiary/aromatic N) is 2. The van der Waals surface area contributed by atoms with Gasteiger partial charge in [-0.25, -0.2) is 4.39 Å². The number of piperidine rings is 1. The molecule has 0 radical (unpaired) electrons. The van der Waals surface area contributed by atoms with Gasteiger partial charge in [-0.3, -0.25) is 19.7 Å². The van der Waals surface area contributed by atoms with Crippen molar-refractivity contribution in [3.63, 3.8) is 0 Å². The highest BCUT2D eigenvalue weighted by atomic mass is 19.1. The molecule has 3 aliphatic rings. The van der Waals surface area contributed by atoms with Crippen molar-refractivity contribution in [1.82, 2.24) is 15.1 Å². The van der Waals surface area contributed by atoms with Crippen LogP contribution in [-0.4, -0.2) is 52.7 Å². The van der Waals surface area contributed by atoms with Crippen molar-refractivity contribution in [3.8, 4) is 0 Å². The van der Waals surface area contributed by atoms with Gasteiger partial charge in [0.15, 0.2) is 0 Å². The molecule has 1 atom stereocenters. The third-order valence-corrected chi connectivity index (χ3v) is 8.23. The summed E-state index contributed by atoms with van der Waals surface area (Å²) in [5.74, 6) is -1.57. The van der Waals surface area contributed by atoms with Gasteiger partial charge in [0.2, 0.25) is 11.8 Å². The monoisotopic (exact) mass is 543 g/mol. The van der Waals surface area contributed by atoms with Gasteiger partial charge in [0.05, 0.1) is 6.54 Å². The van der Waals surface area contributed by atoms with Gasteiger partial charge < -0.3 is 9.80 Å². The van der Waals surface area contributed by atoms with E-state index in [9.17, 15) is 18.8 Å². The van der Waals surface area contributed by atoms with E-state index in [1.807, 2.05) is 0 Å². The standard InChI is InChI=1S/C18H37N.C14H13FN2O3/c1-17(2,3)12-14-19(15-13-18(4,5)6)16-10-8-7-9-11-16;1-7-2-3-8-9(12(7)15)6-17(14(8)20)10-4-5-11(18)16-13(10)19/h16H,7-15H2,1-6H3;2-3,10H,4-6H2,1H3,(H,16,18,19). The molecule has 6 nitrogen and oxygen atoms in total. The second kappa shape index (κ2) is 12.9. The molecule has 2 aliphatic heterocycles. The van der Waals surface area contributed by atoms with E-state index in [-0.39, 0.29) is 31.2 Å². The molecule has 218 valence electrons. The molecule has 1 aromatic carbocycles. The molecule has 4 rings (SSSR count). The molecule has 1 aliphatic carbocycles. The number of rotatable bonds is 6.